The van der Waals surface area contributed by atoms with Gasteiger partial charge in [-0.25, -0.2) is 8.42 Å². The average molecular weight is 341 g/mol. The van der Waals surface area contributed by atoms with Crippen molar-refractivity contribution >= 4 is 31.6 Å². The van der Waals surface area contributed by atoms with Crippen LogP contribution >= 0.6 is 15.9 Å². The molecule has 19 heavy (non-hydrogen) atoms. The van der Waals surface area contributed by atoms with Crippen molar-refractivity contribution in [2.75, 3.05) is 10.8 Å². The number of hydrogen-bond acceptors (Lipinski definition) is 3. The van der Waals surface area contributed by atoms with Crippen LogP contribution in [0.25, 0.3) is 0 Å². The van der Waals surface area contributed by atoms with Crippen molar-refractivity contribution in [2.24, 2.45) is 0 Å². The highest BCUT2D eigenvalue weighted by Gasteiger charge is 2.25. The van der Waals surface area contributed by atoms with E-state index in [-0.39, 0.29) is 4.90 Å². The number of nitrogens with zero attached hydrogens (tertiary/aromatic N) is 2. The molecule has 0 aliphatic carbocycles. The summed E-state index contributed by atoms with van der Waals surface area (Å²) in [5, 5.41) is 0. The first-order valence-corrected chi connectivity index (χ1v) is 7.98. The minimum absolute atomic E-state index is 0.251. The van der Waals surface area contributed by atoms with Gasteiger partial charge >= 0.3 is 0 Å². The largest absolute Gasteiger partial charge is 0.265 e. The number of sulfonamides is 1. The van der Waals surface area contributed by atoms with Gasteiger partial charge in [-0.15, -0.1) is 0 Å². The van der Waals surface area contributed by atoms with Crippen LogP contribution in [0, 0.1) is 0 Å². The van der Waals surface area contributed by atoms with Crippen LogP contribution in [0.4, 0.5) is 5.69 Å². The molecule has 0 unspecified atom stereocenters. The van der Waals surface area contributed by atoms with E-state index in [0.29, 0.717) is 16.7 Å². The quantitative estimate of drug-likeness (QED) is 0.859. The van der Waals surface area contributed by atoms with E-state index in [1.807, 2.05) is 0 Å². The highest BCUT2D eigenvalue weighted by molar-refractivity contribution is 9.10. The molecule has 2 aromatic rings. The van der Waals surface area contributed by atoms with Crippen molar-refractivity contribution in [3.63, 3.8) is 0 Å². The number of pyridine rings is 1. The van der Waals surface area contributed by atoms with E-state index in [1.165, 1.54) is 10.5 Å². The van der Waals surface area contributed by atoms with Crippen molar-refractivity contribution in [3.05, 3.63) is 53.3 Å². The molecule has 2 rings (SSSR count). The molecule has 0 atom stereocenters. The number of hydrogen-bond donors (Lipinski definition) is 0. The molecule has 0 spiro atoms. The Morgan fingerprint density at radius 1 is 1.21 bits per heavy atom. The molecule has 1 aromatic carbocycles. The second-order valence-electron chi connectivity index (χ2n) is 3.81. The topological polar surface area (TPSA) is 50.3 Å². The van der Waals surface area contributed by atoms with Crippen LogP contribution in [-0.4, -0.2) is 19.9 Å². The molecule has 100 valence electrons. The lowest BCUT2D eigenvalue weighted by molar-refractivity contribution is 0.591. The van der Waals surface area contributed by atoms with E-state index in [2.05, 4.69) is 20.9 Å². The molecule has 0 aliphatic rings. The monoisotopic (exact) mass is 340 g/mol. The standard InChI is InChI=1S/C13H13BrN2O2S/c1-2-16(11-6-5-9-15-10-11)19(17,18)13-8-4-3-7-12(13)14/h3-10H,2H2,1H3. The van der Waals surface area contributed by atoms with Crippen LogP contribution in [0.2, 0.25) is 0 Å². The molecule has 1 aromatic heterocycles. The van der Waals surface area contributed by atoms with Crippen LogP contribution in [0.1, 0.15) is 6.92 Å². The molecule has 0 bridgehead atoms. The molecule has 4 nitrogen and oxygen atoms in total. The lowest BCUT2D eigenvalue weighted by atomic mass is 10.4. The molecule has 0 saturated carbocycles. The van der Waals surface area contributed by atoms with Crippen molar-refractivity contribution < 1.29 is 8.42 Å². The Labute approximate surface area is 121 Å². The first kappa shape index (κ1) is 14.0. The fourth-order valence-electron chi connectivity index (χ4n) is 1.77. The fourth-order valence-corrected chi connectivity index (χ4v) is 4.19. The number of anilines is 1. The molecule has 0 saturated heterocycles. The van der Waals surface area contributed by atoms with E-state index in [4.69, 9.17) is 0 Å². The van der Waals surface area contributed by atoms with Gasteiger partial charge < -0.3 is 0 Å². The van der Waals surface area contributed by atoms with Crippen LogP contribution in [0.3, 0.4) is 0 Å². The first-order chi connectivity index (χ1) is 9.07. The van der Waals surface area contributed by atoms with Crippen molar-refractivity contribution in [2.45, 2.75) is 11.8 Å². The third kappa shape index (κ3) is 2.79. The van der Waals surface area contributed by atoms with E-state index in [9.17, 15) is 8.42 Å². The summed E-state index contributed by atoms with van der Waals surface area (Å²) < 4.78 is 27.2. The second-order valence-corrected chi connectivity index (χ2v) is 6.50. The summed E-state index contributed by atoms with van der Waals surface area (Å²) in [7, 11) is -3.59. The van der Waals surface area contributed by atoms with E-state index < -0.39 is 10.0 Å². The van der Waals surface area contributed by atoms with Crippen molar-refractivity contribution in [1.82, 2.24) is 4.98 Å². The predicted molar refractivity (Wildman–Crippen MR) is 78.6 cm³/mol. The van der Waals surface area contributed by atoms with E-state index in [1.54, 1.807) is 49.5 Å². The Morgan fingerprint density at radius 3 is 2.53 bits per heavy atom. The molecule has 0 radical (unpaired) electrons. The van der Waals surface area contributed by atoms with Gasteiger partial charge in [-0.3, -0.25) is 9.29 Å². The minimum Gasteiger partial charge on any atom is -0.265 e. The third-order valence-corrected chi connectivity index (χ3v) is 5.54. The molecule has 0 amide bonds. The summed E-state index contributed by atoms with van der Waals surface area (Å²) in [6.07, 6.45) is 3.15. The molecule has 6 heteroatoms. The SMILES string of the molecule is CCN(c1cccnc1)S(=O)(=O)c1ccccc1Br. The number of aromatic nitrogens is 1. The summed E-state index contributed by atoms with van der Waals surface area (Å²) in [4.78, 5) is 4.22. The summed E-state index contributed by atoms with van der Waals surface area (Å²) in [5.41, 5.74) is 0.556. The molecule has 1 heterocycles. The first-order valence-electron chi connectivity index (χ1n) is 5.74. The van der Waals surface area contributed by atoms with Gasteiger partial charge in [0.2, 0.25) is 0 Å². The summed E-state index contributed by atoms with van der Waals surface area (Å²) in [5.74, 6) is 0. The average Bonchev–Trinajstić information content (AvgIpc) is 2.40. The van der Waals surface area contributed by atoms with Crippen molar-refractivity contribution in [1.29, 1.82) is 0 Å². The van der Waals surface area contributed by atoms with Gasteiger partial charge in [0, 0.05) is 17.2 Å². The maximum atomic E-state index is 12.7. The van der Waals surface area contributed by atoms with Gasteiger partial charge in [0.15, 0.2) is 0 Å². The summed E-state index contributed by atoms with van der Waals surface area (Å²) >= 11 is 3.28. The lowest BCUT2D eigenvalue weighted by Crippen LogP contribution is -2.31. The maximum Gasteiger partial charge on any atom is 0.265 e. The van der Waals surface area contributed by atoms with Gasteiger partial charge in [-0.2, -0.15) is 0 Å². The van der Waals surface area contributed by atoms with Crippen LogP contribution in [-0.2, 0) is 10.0 Å². The second kappa shape index (κ2) is 5.71. The number of halogens is 1. The van der Waals surface area contributed by atoms with Crippen molar-refractivity contribution in [3.8, 4) is 0 Å². The Kier molecular flexibility index (Phi) is 4.21. The Balaban J connectivity index is 2.52. The highest BCUT2D eigenvalue weighted by Crippen LogP contribution is 2.27. The molecule has 0 N–H and O–H groups in total. The van der Waals surface area contributed by atoms with Crippen LogP contribution < -0.4 is 4.31 Å². The van der Waals surface area contributed by atoms with E-state index >= 15 is 0 Å². The van der Waals surface area contributed by atoms with E-state index in [0.717, 1.165) is 0 Å². The van der Waals surface area contributed by atoms with Crippen LogP contribution in [0.5, 0.6) is 0 Å². The Bertz CT molecular complexity index is 659. The maximum absolute atomic E-state index is 12.7. The van der Waals surface area contributed by atoms with Gasteiger partial charge in [0.05, 0.1) is 11.9 Å². The molecular formula is C13H13BrN2O2S. The normalized spacial score (nSPS) is 11.3. The smallest absolute Gasteiger partial charge is 0.265 e. The van der Waals surface area contributed by atoms with Crippen LogP contribution in [0.15, 0.2) is 58.2 Å². The predicted octanol–water partition coefficient (Wildman–Crippen LogP) is 3.06. The molecular weight excluding hydrogens is 328 g/mol. The molecule has 0 fully saturated rings. The Morgan fingerprint density at radius 2 is 1.95 bits per heavy atom. The number of rotatable bonds is 4. The number of benzene rings is 1. The fraction of sp³-hybridized carbons (Fsp3) is 0.154. The zero-order chi connectivity index (χ0) is 13.9. The zero-order valence-corrected chi connectivity index (χ0v) is 12.7. The summed E-state index contributed by atoms with van der Waals surface area (Å²) in [6.45, 7) is 2.14. The third-order valence-electron chi connectivity index (χ3n) is 2.63. The van der Waals surface area contributed by atoms with Gasteiger partial charge in [-0.1, -0.05) is 12.1 Å². The molecule has 0 aliphatic heterocycles. The van der Waals surface area contributed by atoms with Gasteiger partial charge in [0.25, 0.3) is 10.0 Å². The Hall–Kier alpha value is -1.40. The zero-order valence-electron chi connectivity index (χ0n) is 10.3. The highest BCUT2D eigenvalue weighted by atomic mass is 79.9. The minimum atomic E-state index is -3.59. The summed E-state index contributed by atoms with van der Waals surface area (Å²) in [6, 6.07) is 10.2. The lowest BCUT2D eigenvalue weighted by Gasteiger charge is -2.23. The van der Waals surface area contributed by atoms with Gasteiger partial charge in [0.1, 0.15) is 4.90 Å². The van der Waals surface area contributed by atoms with Gasteiger partial charge in [-0.05, 0) is 47.1 Å².